The lowest BCUT2D eigenvalue weighted by Gasteiger charge is -2.19. The Kier molecular flexibility index (Phi) is 6.17. The second-order valence-corrected chi connectivity index (χ2v) is 7.77. The van der Waals surface area contributed by atoms with Crippen LogP contribution in [0.5, 0.6) is 0 Å². The van der Waals surface area contributed by atoms with Gasteiger partial charge < -0.3 is 9.80 Å². The van der Waals surface area contributed by atoms with E-state index in [0.29, 0.717) is 5.56 Å². The summed E-state index contributed by atoms with van der Waals surface area (Å²) in [5.41, 5.74) is 0.566. The second-order valence-electron chi connectivity index (χ2n) is 6.09. The molecular weight excluding hydrogens is 373 g/mol. The van der Waals surface area contributed by atoms with Crippen LogP contribution < -0.4 is 4.72 Å². The highest BCUT2D eigenvalue weighted by molar-refractivity contribution is 7.92. The molecule has 2 aromatic rings. The lowest BCUT2D eigenvalue weighted by molar-refractivity contribution is -0.129. The van der Waals surface area contributed by atoms with E-state index in [0.717, 1.165) is 24.3 Å². The number of hydrogen-bond donors (Lipinski definition) is 1. The number of sulfonamides is 1. The van der Waals surface area contributed by atoms with Crippen molar-refractivity contribution in [3.63, 3.8) is 0 Å². The van der Waals surface area contributed by atoms with Crippen molar-refractivity contribution in [2.45, 2.75) is 4.90 Å². The molecule has 0 aromatic heterocycles. The van der Waals surface area contributed by atoms with Crippen molar-refractivity contribution in [2.75, 3.05) is 32.4 Å². The first kappa shape index (κ1) is 20.4. The van der Waals surface area contributed by atoms with Gasteiger partial charge in [0.25, 0.3) is 15.9 Å². The summed E-state index contributed by atoms with van der Waals surface area (Å²) in [5, 5.41) is 0. The van der Waals surface area contributed by atoms with Crippen LogP contribution in [-0.2, 0) is 14.8 Å². The number of carbonyl (C=O) groups is 2. The van der Waals surface area contributed by atoms with Gasteiger partial charge in [-0.25, -0.2) is 12.8 Å². The zero-order valence-corrected chi connectivity index (χ0v) is 16.0. The van der Waals surface area contributed by atoms with E-state index in [1.807, 2.05) is 0 Å². The fraction of sp³-hybridized carbons (Fsp3) is 0.222. The molecule has 144 valence electrons. The number of benzene rings is 2. The van der Waals surface area contributed by atoms with Gasteiger partial charge in [0.05, 0.1) is 11.4 Å². The number of amides is 2. The summed E-state index contributed by atoms with van der Waals surface area (Å²) < 4.78 is 39.8. The van der Waals surface area contributed by atoms with E-state index in [-0.39, 0.29) is 28.9 Å². The molecular formula is C18H20FN3O4S. The second kappa shape index (κ2) is 8.17. The van der Waals surface area contributed by atoms with Crippen LogP contribution in [0.15, 0.2) is 53.4 Å². The third-order valence-electron chi connectivity index (χ3n) is 3.73. The van der Waals surface area contributed by atoms with Crippen LogP contribution in [0.1, 0.15) is 10.4 Å². The predicted molar refractivity (Wildman–Crippen MR) is 99.3 cm³/mol. The van der Waals surface area contributed by atoms with E-state index in [2.05, 4.69) is 4.72 Å². The predicted octanol–water partition coefficient (Wildman–Crippen LogP) is 1.79. The maximum absolute atomic E-state index is 12.9. The van der Waals surface area contributed by atoms with Gasteiger partial charge in [-0.15, -0.1) is 0 Å². The van der Waals surface area contributed by atoms with Crippen LogP contribution in [0.4, 0.5) is 10.1 Å². The number of anilines is 1. The Balaban J connectivity index is 2.09. The lowest BCUT2D eigenvalue weighted by Crippen LogP contribution is -2.37. The summed E-state index contributed by atoms with van der Waals surface area (Å²) in [4.78, 5) is 26.6. The monoisotopic (exact) mass is 393 g/mol. The Morgan fingerprint density at radius 3 is 2.04 bits per heavy atom. The van der Waals surface area contributed by atoms with Crippen molar-refractivity contribution in [3.05, 3.63) is 59.9 Å². The third-order valence-corrected chi connectivity index (χ3v) is 5.12. The summed E-state index contributed by atoms with van der Waals surface area (Å²) in [6.07, 6.45) is 0. The molecule has 0 radical (unpaired) electrons. The Morgan fingerprint density at radius 1 is 0.963 bits per heavy atom. The molecule has 7 nitrogen and oxygen atoms in total. The molecule has 27 heavy (non-hydrogen) atoms. The highest BCUT2D eigenvalue weighted by Crippen LogP contribution is 2.17. The largest absolute Gasteiger partial charge is 0.347 e. The van der Waals surface area contributed by atoms with Gasteiger partial charge in [0.2, 0.25) is 5.91 Å². The average molecular weight is 393 g/mol. The molecule has 2 aromatic carbocycles. The van der Waals surface area contributed by atoms with Gasteiger partial charge in [-0.2, -0.15) is 0 Å². The number of likely N-dealkylation sites (N-methyl/N-ethyl adjacent to an activating group) is 2. The van der Waals surface area contributed by atoms with E-state index in [1.54, 1.807) is 14.1 Å². The van der Waals surface area contributed by atoms with Crippen LogP contribution in [0.2, 0.25) is 0 Å². The van der Waals surface area contributed by atoms with Crippen molar-refractivity contribution >= 4 is 27.5 Å². The van der Waals surface area contributed by atoms with Gasteiger partial charge in [0.15, 0.2) is 0 Å². The molecule has 0 aliphatic carbocycles. The van der Waals surface area contributed by atoms with Gasteiger partial charge >= 0.3 is 0 Å². The van der Waals surface area contributed by atoms with Crippen molar-refractivity contribution < 1.29 is 22.4 Å². The molecule has 0 atom stereocenters. The Hall–Kier alpha value is -2.94. The zero-order valence-electron chi connectivity index (χ0n) is 15.1. The third kappa shape index (κ3) is 5.27. The van der Waals surface area contributed by atoms with E-state index in [9.17, 15) is 22.4 Å². The molecule has 2 rings (SSSR count). The molecule has 0 saturated carbocycles. The maximum Gasteiger partial charge on any atom is 0.261 e. The van der Waals surface area contributed by atoms with E-state index in [1.165, 1.54) is 41.1 Å². The molecule has 9 heteroatoms. The summed E-state index contributed by atoms with van der Waals surface area (Å²) in [5.74, 6) is -1.11. The molecule has 0 heterocycles. The molecule has 0 saturated heterocycles. The first-order valence-electron chi connectivity index (χ1n) is 7.94. The van der Waals surface area contributed by atoms with Crippen molar-refractivity contribution in [1.29, 1.82) is 0 Å². The number of hydrogen-bond acceptors (Lipinski definition) is 4. The molecule has 0 aliphatic heterocycles. The fourth-order valence-electron chi connectivity index (χ4n) is 2.15. The van der Waals surface area contributed by atoms with Gasteiger partial charge in [-0.3, -0.25) is 14.3 Å². The van der Waals surface area contributed by atoms with Gasteiger partial charge in [-0.05, 0) is 48.5 Å². The van der Waals surface area contributed by atoms with Crippen LogP contribution in [-0.4, -0.2) is 57.7 Å². The smallest absolute Gasteiger partial charge is 0.261 e. The van der Waals surface area contributed by atoms with Crippen LogP contribution >= 0.6 is 0 Å². The minimum absolute atomic E-state index is 0.0647. The Morgan fingerprint density at radius 2 is 1.52 bits per heavy atom. The number of nitrogens with zero attached hydrogens (tertiary/aromatic N) is 2. The standard InChI is InChI=1S/C18H20FN3O4S/c1-21(2)17(23)12-22(3)18(24)13-4-8-15(9-5-13)20-27(25,26)16-10-6-14(19)7-11-16/h4-11,20H,12H2,1-3H3. The highest BCUT2D eigenvalue weighted by atomic mass is 32.2. The van der Waals surface area contributed by atoms with E-state index in [4.69, 9.17) is 0 Å². The minimum Gasteiger partial charge on any atom is -0.347 e. The van der Waals surface area contributed by atoms with Crippen LogP contribution in [0.25, 0.3) is 0 Å². The molecule has 0 unspecified atom stereocenters. The first-order valence-corrected chi connectivity index (χ1v) is 9.42. The minimum atomic E-state index is -3.87. The van der Waals surface area contributed by atoms with Crippen LogP contribution in [0, 0.1) is 5.82 Å². The SMILES string of the molecule is CN(C)C(=O)CN(C)C(=O)c1ccc(NS(=O)(=O)c2ccc(F)cc2)cc1. The topological polar surface area (TPSA) is 86.8 Å². The van der Waals surface area contributed by atoms with E-state index < -0.39 is 15.8 Å². The Labute approximate surface area is 157 Å². The number of carbonyl (C=O) groups excluding carboxylic acids is 2. The molecule has 0 aliphatic rings. The normalized spacial score (nSPS) is 11.0. The van der Waals surface area contributed by atoms with E-state index >= 15 is 0 Å². The summed E-state index contributed by atoms with van der Waals surface area (Å²) >= 11 is 0. The highest BCUT2D eigenvalue weighted by Gasteiger charge is 2.17. The van der Waals surface area contributed by atoms with Gasteiger partial charge in [0, 0.05) is 32.4 Å². The lowest BCUT2D eigenvalue weighted by atomic mass is 10.2. The number of rotatable bonds is 6. The summed E-state index contributed by atoms with van der Waals surface area (Å²) in [6.45, 7) is -0.0647. The fourth-order valence-corrected chi connectivity index (χ4v) is 3.20. The van der Waals surface area contributed by atoms with Crippen LogP contribution in [0.3, 0.4) is 0 Å². The van der Waals surface area contributed by atoms with Crippen molar-refractivity contribution in [1.82, 2.24) is 9.80 Å². The molecule has 2 amide bonds. The first-order chi connectivity index (χ1) is 12.6. The zero-order chi connectivity index (χ0) is 20.2. The molecule has 1 N–H and O–H groups in total. The summed E-state index contributed by atoms with van der Waals surface area (Å²) in [7, 11) is 0.841. The molecule has 0 bridgehead atoms. The number of nitrogens with one attached hydrogen (secondary N) is 1. The van der Waals surface area contributed by atoms with Gasteiger partial charge in [-0.1, -0.05) is 0 Å². The Bertz CT molecular complexity index is 926. The quantitative estimate of drug-likeness (QED) is 0.811. The van der Waals surface area contributed by atoms with Crippen molar-refractivity contribution in [2.24, 2.45) is 0 Å². The van der Waals surface area contributed by atoms with Gasteiger partial charge in [0.1, 0.15) is 5.82 Å². The molecule has 0 fully saturated rings. The van der Waals surface area contributed by atoms with Crippen molar-refractivity contribution in [3.8, 4) is 0 Å². The molecule has 0 spiro atoms. The average Bonchev–Trinajstić information content (AvgIpc) is 2.61. The maximum atomic E-state index is 12.9. The number of halogens is 1. The summed E-state index contributed by atoms with van der Waals surface area (Å²) in [6, 6.07) is 10.2.